The summed E-state index contributed by atoms with van der Waals surface area (Å²) in [5.74, 6) is 1.09. The predicted molar refractivity (Wildman–Crippen MR) is 94.8 cm³/mol. The fourth-order valence-electron chi connectivity index (χ4n) is 5.62. The predicted octanol–water partition coefficient (Wildman–Crippen LogP) is 2.44. The van der Waals surface area contributed by atoms with E-state index in [0.717, 1.165) is 31.2 Å². The first-order valence-corrected chi connectivity index (χ1v) is 10.4. The minimum Gasteiger partial charge on any atom is -0.371 e. The summed E-state index contributed by atoms with van der Waals surface area (Å²) in [6.45, 7) is 2.00. The Labute approximate surface area is 152 Å². The summed E-state index contributed by atoms with van der Waals surface area (Å²) in [4.78, 5) is 23.7. The van der Waals surface area contributed by atoms with Gasteiger partial charge in [0.05, 0.1) is 0 Å². The van der Waals surface area contributed by atoms with Crippen molar-refractivity contribution < 1.29 is 17.4 Å². The molecule has 0 amide bonds. The Morgan fingerprint density at radius 2 is 2.08 bits per heavy atom. The van der Waals surface area contributed by atoms with E-state index in [2.05, 4.69) is 5.18 Å². The molecule has 2 fully saturated rings. The number of nitrogens with two attached hydrogens (primary N) is 1. The van der Waals surface area contributed by atoms with Crippen LogP contribution in [0.4, 0.5) is 0 Å². The maximum absolute atomic E-state index is 12.6. The second kappa shape index (κ2) is 5.85. The van der Waals surface area contributed by atoms with Gasteiger partial charge >= 0.3 is 10.3 Å². The van der Waals surface area contributed by atoms with Gasteiger partial charge in [-0.25, -0.2) is 0 Å². The number of nitroso groups, excluding NO2 is 1. The van der Waals surface area contributed by atoms with Gasteiger partial charge in [-0.3, -0.25) is 4.79 Å². The van der Waals surface area contributed by atoms with Crippen molar-refractivity contribution in [3.63, 3.8) is 0 Å². The molecular formula is C18H22N2O5S. The van der Waals surface area contributed by atoms with Crippen LogP contribution in [-0.4, -0.2) is 20.2 Å². The molecule has 0 radical (unpaired) electrons. The SMILES string of the molecule is C[C@]12CCC3c4ccc(OS(N)(=O)=O)cc4CCC3C1CC(N=O)C2=O. The van der Waals surface area contributed by atoms with E-state index < -0.39 is 21.8 Å². The Bertz CT molecular complexity index is 884. The lowest BCUT2D eigenvalue weighted by molar-refractivity contribution is -0.130. The van der Waals surface area contributed by atoms with Crippen LogP contribution in [0.1, 0.15) is 49.7 Å². The third-order valence-corrected chi connectivity index (χ3v) is 7.19. The van der Waals surface area contributed by atoms with Crippen molar-refractivity contribution in [2.45, 2.75) is 51.0 Å². The summed E-state index contributed by atoms with van der Waals surface area (Å²) >= 11 is 0. The molecular weight excluding hydrogens is 356 g/mol. The van der Waals surface area contributed by atoms with Crippen molar-refractivity contribution in [1.82, 2.24) is 0 Å². The van der Waals surface area contributed by atoms with Gasteiger partial charge in [-0.2, -0.15) is 18.5 Å². The molecule has 4 unspecified atom stereocenters. The van der Waals surface area contributed by atoms with Gasteiger partial charge in [0, 0.05) is 5.41 Å². The molecule has 26 heavy (non-hydrogen) atoms. The van der Waals surface area contributed by atoms with Gasteiger partial charge < -0.3 is 4.18 Å². The van der Waals surface area contributed by atoms with Crippen LogP contribution in [0.15, 0.2) is 23.4 Å². The second-order valence-electron chi connectivity index (χ2n) is 8.03. The minimum absolute atomic E-state index is 0.0126. The monoisotopic (exact) mass is 378 g/mol. The van der Waals surface area contributed by atoms with E-state index in [-0.39, 0.29) is 17.5 Å². The van der Waals surface area contributed by atoms with E-state index >= 15 is 0 Å². The highest BCUT2D eigenvalue weighted by atomic mass is 32.2. The fraction of sp³-hybridized carbons (Fsp3) is 0.611. The molecule has 1 aromatic rings. The number of carbonyl (C=O) groups excluding carboxylic acids is 1. The van der Waals surface area contributed by atoms with E-state index in [0.29, 0.717) is 18.3 Å². The molecule has 8 heteroatoms. The molecule has 3 aliphatic carbocycles. The van der Waals surface area contributed by atoms with E-state index in [1.165, 1.54) is 5.56 Å². The second-order valence-corrected chi connectivity index (χ2v) is 9.18. The Kier molecular flexibility index (Phi) is 3.96. The van der Waals surface area contributed by atoms with Gasteiger partial charge in [-0.15, -0.1) is 0 Å². The van der Waals surface area contributed by atoms with Crippen molar-refractivity contribution in [2.75, 3.05) is 0 Å². The maximum atomic E-state index is 12.6. The average Bonchev–Trinajstić information content (AvgIpc) is 2.84. The van der Waals surface area contributed by atoms with Gasteiger partial charge in [-0.05, 0) is 73.1 Å². The quantitative estimate of drug-likeness (QED) is 0.811. The van der Waals surface area contributed by atoms with Crippen LogP contribution in [-0.2, 0) is 21.5 Å². The summed E-state index contributed by atoms with van der Waals surface area (Å²) in [5.41, 5.74) is 1.83. The standard InChI is InChI=1S/C18H22N2O5S/c1-18-7-6-13-12-5-3-11(25-26(19,23)24)8-10(12)2-4-14(13)15(18)9-16(20-22)17(18)21/h3,5,8,13-16H,2,4,6-7,9H2,1H3,(H2,19,23,24)/t13?,14?,15?,16?,18-/m0/s1. The molecule has 5 atom stereocenters. The van der Waals surface area contributed by atoms with Crippen molar-refractivity contribution in [3.8, 4) is 5.75 Å². The molecule has 2 N–H and O–H groups in total. The van der Waals surface area contributed by atoms with Gasteiger partial charge in [0.2, 0.25) is 0 Å². The maximum Gasteiger partial charge on any atom is 0.380 e. The van der Waals surface area contributed by atoms with Crippen LogP contribution in [0.2, 0.25) is 0 Å². The zero-order chi connectivity index (χ0) is 18.7. The highest BCUT2D eigenvalue weighted by molar-refractivity contribution is 7.84. The van der Waals surface area contributed by atoms with Gasteiger partial charge in [0.25, 0.3) is 0 Å². The first kappa shape index (κ1) is 17.6. The molecule has 0 heterocycles. The number of nitrogens with zero attached hydrogens (tertiary/aromatic N) is 1. The summed E-state index contributed by atoms with van der Waals surface area (Å²) in [6, 6.07) is 4.60. The van der Waals surface area contributed by atoms with Gasteiger partial charge in [0.1, 0.15) is 5.75 Å². The molecule has 0 bridgehead atoms. The Hall–Kier alpha value is -1.80. The topological polar surface area (TPSA) is 116 Å². The molecule has 2 saturated carbocycles. The smallest absolute Gasteiger partial charge is 0.371 e. The zero-order valence-electron chi connectivity index (χ0n) is 14.6. The van der Waals surface area contributed by atoms with Crippen molar-refractivity contribution in [2.24, 2.45) is 27.6 Å². The van der Waals surface area contributed by atoms with Gasteiger partial charge in [0.15, 0.2) is 11.8 Å². The van der Waals surface area contributed by atoms with Crippen molar-refractivity contribution >= 4 is 16.1 Å². The normalized spacial score (nSPS) is 36.0. The molecule has 0 spiro atoms. The van der Waals surface area contributed by atoms with E-state index in [9.17, 15) is 18.1 Å². The number of fused-ring (bicyclic) bond motifs is 5. The number of ketones is 1. The molecule has 0 saturated heterocycles. The van der Waals surface area contributed by atoms with Crippen molar-refractivity contribution in [3.05, 3.63) is 34.2 Å². The number of aryl methyl sites for hydroxylation is 1. The van der Waals surface area contributed by atoms with Crippen LogP contribution in [0.5, 0.6) is 5.75 Å². The summed E-state index contributed by atoms with van der Waals surface area (Å²) < 4.78 is 27.1. The molecule has 140 valence electrons. The fourth-order valence-corrected chi connectivity index (χ4v) is 6.00. The summed E-state index contributed by atoms with van der Waals surface area (Å²) in [6.07, 6.45) is 3.91. The van der Waals surface area contributed by atoms with Crippen LogP contribution >= 0.6 is 0 Å². The van der Waals surface area contributed by atoms with Crippen LogP contribution in [0, 0.1) is 22.2 Å². The number of Topliss-reactive ketones (excluding diaryl/α,β-unsaturated/α-hetero) is 1. The lowest BCUT2D eigenvalue weighted by atomic mass is 9.55. The number of hydrogen-bond acceptors (Lipinski definition) is 6. The Balaban J connectivity index is 1.65. The number of benzene rings is 1. The molecule has 4 rings (SSSR count). The third-order valence-electron chi connectivity index (χ3n) is 6.77. The Morgan fingerprint density at radius 1 is 1.31 bits per heavy atom. The third kappa shape index (κ3) is 2.66. The first-order chi connectivity index (χ1) is 12.2. The average molecular weight is 378 g/mol. The molecule has 3 aliphatic rings. The van der Waals surface area contributed by atoms with Crippen LogP contribution in [0.3, 0.4) is 0 Å². The van der Waals surface area contributed by atoms with Crippen LogP contribution in [0.25, 0.3) is 0 Å². The molecule has 0 aliphatic heterocycles. The lowest BCUT2D eigenvalue weighted by Gasteiger charge is -2.48. The summed E-state index contributed by atoms with van der Waals surface area (Å²) in [7, 11) is -4.04. The van der Waals surface area contributed by atoms with E-state index in [4.69, 9.17) is 9.32 Å². The largest absolute Gasteiger partial charge is 0.380 e. The zero-order valence-corrected chi connectivity index (χ0v) is 15.4. The van der Waals surface area contributed by atoms with Crippen molar-refractivity contribution in [1.29, 1.82) is 0 Å². The molecule has 7 nitrogen and oxygen atoms in total. The number of hydrogen-bond donors (Lipinski definition) is 1. The summed E-state index contributed by atoms with van der Waals surface area (Å²) in [5, 5.41) is 8.03. The Morgan fingerprint density at radius 3 is 2.77 bits per heavy atom. The number of rotatable bonds is 3. The molecule has 0 aromatic heterocycles. The highest BCUT2D eigenvalue weighted by Crippen LogP contribution is 2.60. The van der Waals surface area contributed by atoms with E-state index in [1.54, 1.807) is 12.1 Å². The molecule has 1 aromatic carbocycles. The first-order valence-electron chi connectivity index (χ1n) is 8.95. The highest BCUT2D eigenvalue weighted by Gasteiger charge is 2.58. The number of carbonyl (C=O) groups is 1. The van der Waals surface area contributed by atoms with Crippen LogP contribution < -0.4 is 9.32 Å². The minimum atomic E-state index is -4.04. The van der Waals surface area contributed by atoms with E-state index in [1.807, 2.05) is 13.0 Å². The van der Waals surface area contributed by atoms with Gasteiger partial charge in [-0.1, -0.05) is 18.2 Å². The lowest BCUT2D eigenvalue weighted by Crippen LogP contribution is -2.42.